The fourth-order valence-corrected chi connectivity index (χ4v) is 2.53. The third-order valence-electron chi connectivity index (χ3n) is 3.49. The molecule has 0 saturated carbocycles. The Kier molecular flexibility index (Phi) is 2.97. The first-order valence-corrected chi connectivity index (χ1v) is 6.39. The van der Waals surface area contributed by atoms with Crippen molar-refractivity contribution < 1.29 is 13.5 Å². The van der Waals surface area contributed by atoms with Crippen molar-refractivity contribution in [3.63, 3.8) is 0 Å². The number of ether oxygens (including phenoxy) is 1. The minimum absolute atomic E-state index is 0.190. The SMILES string of the molecule is Cc1ccc(F)c(Oc2ccc(F)c3c2CCC3)c1. The van der Waals surface area contributed by atoms with Crippen LogP contribution in [0.4, 0.5) is 8.78 Å². The summed E-state index contributed by atoms with van der Waals surface area (Å²) >= 11 is 0. The first-order chi connectivity index (χ1) is 9.15. The average Bonchev–Trinajstić information content (AvgIpc) is 2.87. The van der Waals surface area contributed by atoms with Gasteiger partial charge in [-0.25, -0.2) is 8.78 Å². The van der Waals surface area contributed by atoms with E-state index in [1.54, 1.807) is 18.2 Å². The molecule has 0 spiro atoms. The Balaban J connectivity index is 2.00. The summed E-state index contributed by atoms with van der Waals surface area (Å²) in [5, 5.41) is 0. The lowest BCUT2D eigenvalue weighted by Gasteiger charge is -2.12. The zero-order chi connectivity index (χ0) is 13.4. The van der Waals surface area contributed by atoms with Crippen molar-refractivity contribution in [3.8, 4) is 11.5 Å². The fraction of sp³-hybridized carbons (Fsp3) is 0.250. The van der Waals surface area contributed by atoms with Crippen LogP contribution >= 0.6 is 0 Å². The predicted octanol–water partition coefficient (Wildman–Crippen LogP) is 4.55. The Morgan fingerprint density at radius 1 is 0.895 bits per heavy atom. The van der Waals surface area contributed by atoms with Gasteiger partial charge in [0.1, 0.15) is 11.6 Å². The van der Waals surface area contributed by atoms with Crippen LogP contribution in [0, 0.1) is 18.6 Å². The molecule has 0 atom stereocenters. The standard InChI is InChI=1S/C16H14F2O/c1-10-5-6-14(18)16(9-10)19-15-8-7-13(17)11-3-2-4-12(11)15/h5-9H,2-4H2,1H3. The highest BCUT2D eigenvalue weighted by Crippen LogP contribution is 2.35. The van der Waals surface area contributed by atoms with Crippen LogP contribution in [0.5, 0.6) is 11.5 Å². The average molecular weight is 260 g/mol. The van der Waals surface area contributed by atoms with E-state index >= 15 is 0 Å². The lowest BCUT2D eigenvalue weighted by molar-refractivity contribution is 0.436. The van der Waals surface area contributed by atoms with E-state index in [1.807, 2.05) is 6.92 Å². The molecule has 19 heavy (non-hydrogen) atoms. The smallest absolute Gasteiger partial charge is 0.165 e. The number of rotatable bonds is 2. The minimum Gasteiger partial charge on any atom is -0.454 e. The van der Waals surface area contributed by atoms with Crippen molar-refractivity contribution in [2.45, 2.75) is 26.2 Å². The molecule has 3 heteroatoms. The molecule has 2 aromatic rings. The summed E-state index contributed by atoms with van der Waals surface area (Å²) in [4.78, 5) is 0. The van der Waals surface area contributed by atoms with Crippen LogP contribution < -0.4 is 4.74 Å². The Morgan fingerprint density at radius 3 is 2.47 bits per heavy atom. The molecule has 3 rings (SSSR count). The molecule has 0 N–H and O–H groups in total. The van der Waals surface area contributed by atoms with Gasteiger partial charge in [-0.15, -0.1) is 0 Å². The molecule has 0 aromatic heterocycles. The molecule has 0 fully saturated rings. The summed E-state index contributed by atoms with van der Waals surface area (Å²) < 4.78 is 33.0. The van der Waals surface area contributed by atoms with E-state index < -0.39 is 5.82 Å². The lowest BCUT2D eigenvalue weighted by atomic mass is 10.1. The maximum absolute atomic E-state index is 13.7. The van der Waals surface area contributed by atoms with E-state index in [9.17, 15) is 8.78 Å². The first kappa shape index (κ1) is 12.2. The highest BCUT2D eigenvalue weighted by Gasteiger charge is 2.20. The Morgan fingerprint density at radius 2 is 1.63 bits per heavy atom. The normalized spacial score (nSPS) is 13.4. The largest absolute Gasteiger partial charge is 0.454 e. The molecular formula is C16H14F2O. The number of hydrogen-bond acceptors (Lipinski definition) is 1. The van der Waals surface area contributed by atoms with Crippen LogP contribution in [-0.2, 0) is 12.8 Å². The van der Waals surface area contributed by atoms with E-state index in [1.165, 1.54) is 12.1 Å². The zero-order valence-electron chi connectivity index (χ0n) is 10.7. The molecule has 0 aliphatic heterocycles. The number of halogens is 2. The number of benzene rings is 2. The third kappa shape index (κ3) is 2.21. The van der Waals surface area contributed by atoms with Crippen molar-refractivity contribution in [3.05, 3.63) is 58.7 Å². The quantitative estimate of drug-likeness (QED) is 0.769. The molecule has 98 valence electrons. The van der Waals surface area contributed by atoms with Gasteiger partial charge in [0.2, 0.25) is 0 Å². The molecule has 0 saturated heterocycles. The van der Waals surface area contributed by atoms with E-state index in [-0.39, 0.29) is 11.6 Å². The molecule has 1 aliphatic rings. The summed E-state index contributed by atoms with van der Waals surface area (Å²) in [5.41, 5.74) is 2.52. The van der Waals surface area contributed by atoms with Crippen molar-refractivity contribution in [2.24, 2.45) is 0 Å². The third-order valence-corrected chi connectivity index (χ3v) is 3.49. The van der Waals surface area contributed by atoms with Gasteiger partial charge in [-0.2, -0.15) is 0 Å². The van der Waals surface area contributed by atoms with Crippen molar-refractivity contribution in [2.75, 3.05) is 0 Å². The Bertz CT molecular complexity index is 635. The maximum Gasteiger partial charge on any atom is 0.165 e. The second-order valence-corrected chi connectivity index (χ2v) is 4.89. The van der Waals surface area contributed by atoms with Crippen LogP contribution in [0.3, 0.4) is 0 Å². The topological polar surface area (TPSA) is 9.23 Å². The van der Waals surface area contributed by atoms with Gasteiger partial charge >= 0.3 is 0 Å². The van der Waals surface area contributed by atoms with Crippen molar-refractivity contribution >= 4 is 0 Å². The summed E-state index contributed by atoms with van der Waals surface area (Å²) in [6.45, 7) is 1.88. The van der Waals surface area contributed by atoms with Crippen LogP contribution in [0.25, 0.3) is 0 Å². The van der Waals surface area contributed by atoms with Gasteiger partial charge in [-0.1, -0.05) is 6.07 Å². The summed E-state index contributed by atoms with van der Waals surface area (Å²) in [5.74, 6) is 0.172. The lowest BCUT2D eigenvalue weighted by Crippen LogP contribution is -1.96. The van der Waals surface area contributed by atoms with Crippen LogP contribution in [-0.4, -0.2) is 0 Å². The van der Waals surface area contributed by atoms with E-state index in [0.29, 0.717) is 11.3 Å². The molecular weight excluding hydrogens is 246 g/mol. The van der Waals surface area contributed by atoms with Gasteiger partial charge in [0, 0.05) is 5.56 Å². The van der Waals surface area contributed by atoms with Gasteiger partial charge in [0.25, 0.3) is 0 Å². The van der Waals surface area contributed by atoms with Crippen LogP contribution in [0.2, 0.25) is 0 Å². The first-order valence-electron chi connectivity index (χ1n) is 6.39. The maximum atomic E-state index is 13.7. The van der Waals surface area contributed by atoms with Gasteiger partial charge in [0.05, 0.1) is 0 Å². The summed E-state index contributed by atoms with van der Waals surface area (Å²) in [6, 6.07) is 7.71. The number of aryl methyl sites for hydroxylation is 1. The Hall–Kier alpha value is -1.90. The molecule has 0 amide bonds. The molecule has 0 unspecified atom stereocenters. The van der Waals surface area contributed by atoms with E-state index in [0.717, 1.165) is 30.4 Å². The fourth-order valence-electron chi connectivity index (χ4n) is 2.53. The van der Waals surface area contributed by atoms with E-state index in [4.69, 9.17) is 4.74 Å². The molecule has 0 heterocycles. The van der Waals surface area contributed by atoms with Crippen molar-refractivity contribution in [1.29, 1.82) is 0 Å². The minimum atomic E-state index is -0.401. The zero-order valence-corrected chi connectivity index (χ0v) is 10.7. The summed E-state index contributed by atoms with van der Waals surface area (Å²) in [7, 11) is 0. The molecule has 1 nitrogen and oxygen atoms in total. The van der Waals surface area contributed by atoms with Gasteiger partial charge < -0.3 is 4.74 Å². The second kappa shape index (κ2) is 4.65. The summed E-state index contributed by atoms with van der Waals surface area (Å²) in [6.07, 6.45) is 2.44. The van der Waals surface area contributed by atoms with Crippen LogP contribution in [0.1, 0.15) is 23.1 Å². The molecule has 1 aliphatic carbocycles. The monoisotopic (exact) mass is 260 g/mol. The molecule has 2 aromatic carbocycles. The van der Waals surface area contributed by atoms with Crippen LogP contribution in [0.15, 0.2) is 30.3 Å². The highest BCUT2D eigenvalue weighted by molar-refractivity contribution is 5.46. The molecule has 0 radical (unpaired) electrons. The number of fused-ring (bicyclic) bond motifs is 1. The van der Waals surface area contributed by atoms with Gasteiger partial charge in [0.15, 0.2) is 11.6 Å². The van der Waals surface area contributed by atoms with E-state index in [2.05, 4.69) is 0 Å². The van der Waals surface area contributed by atoms with Crippen molar-refractivity contribution in [1.82, 2.24) is 0 Å². The van der Waals surface area contributed by atoms with Gasteiger partial charge in [-0.05, 0) is 61.6 Å². The van der Waals surface area contributed by atoms with Gasteiger partial charge in [-0.3, -0.25) is 0 Å². The number of hydrogen-bond donors (Lipinski definition) is 0. The predicted molar refractivity (Wildman–Crippen MR) is 69.6 cm³/mol. The molecule has 0 bridgehead atoms. The Labute approximate surface area is 110 Å². The second-order valence-electron chi connectivity index (χ2n) is 4.89. The highest BCUT2D eigenvalue weighted by atomic mass is 19.1.